The Morgan fingerprint density at radius 3 is 2.84 bits per heavy atom. The number of benzene rings is 1. The maximum Gasteiger partial charge on any atom is 0.259 e. The summed E-state index contributed by atoms with van der Waals surface area (Å²) in [6.45, 7) is 2.63. The van der Waals surface area contributed by atoms with Crippen LogP contribution in [0.4, 0.5) is 0 Å². The quantitative estimate of drug-likeness (QED) is 0.352. The standard InChI is InChI=1S/C25H22N4O2S/c1-2-17-12-19(31-10-3-4-16-5-8-26-9-6-16)14-20-23(17)28-24(29-25(20)30)21-13-18-7-11-32-22(18)15-27-21/h5-9,11-15H,2-4,10H2,1H3,(H,28,29,30). The number of aromatic amines is 1. The number of ether oxygens (including phenoxy) is 1. The zero-order valence-corrected chi connectivity index (χ0v) is 18.5. The van der Waals surface area contributed by atoms with Crippen LogP contribution < -0.4 is 10.3 Å². The lowest BCUT2D eigenvalue weighted by atomic mass is 10.1. The largest absolute Gasteiger partial charge is 0.494 e. The molecular formula is C25H22N4O2S. The van der Waals surface area contributed by atoms with Crippen LogP contribution in [0.3, 0.4) is 0 Å². The molecule has 160 valence electrons. The molecule has 4 heterocycles. The van der Waals surface area contributed by atoms with Crippen molar-refractivity contribution >= 4 is 32.3 Å². The van der Waals surface area contributed by atoms with Gasteiger partial charge in [-0.3, -0.25) is 14.8 Å². The molecule has 0 unspecified atom stereocenters. The van der Waals surface area contributed by atoms with E-state index < -0.39 is 0 Å². The number of hydrogen-bond acceptors (Lipinski definition) is 6. The number of fused-ring (bicyclic) bond motifs is 2. The highest BCUT2D eigenvalue weighted by Crippen LogP contribution is 2.26. The third-order valence-corrected chi connectivity index (χ3v) is 6.32. The molecule has 5 rings (SSSR count). The number of nitrogens with zero attached hydrogens (tertiary/aromatic N) is 3. The Hall–Kier alpha value is -3.58. The minimum absolute atomic E-state index is 0.186. The van der Waals surface area contributed by atoms with Gasteiger partial charge in [-0.25, -0.2) is 4.98 Å². The average molecular weight is 443 g/mol. The molecule has 0 radical (unpaired) electrons. The van der Waals surface area contributed by atoms with Crippen LogP contribution in [0.15, 0.2) is 65.2 Å². The number of rotatable bonds is 7. The van der Waals surface area contributed by atoms with Gasteiger partial charge in [0.25, 0.3) is 5.56 Å². The number of H-pyrrole nitrogens is 1. The van der Waals surface area contributed by atoms with E-state index in [-0.39, 0.29) is 5.56 Å². The first-order chi connectivity index (χ1) is 15.7. The van der Waals surface area contributed by atoms with Crippen molar-refractivity contribution in [1.82, 2.24) is 19.9 Å². The summed E-state index contributed by atoms with van der Waals surface area (Å²) >= 11 is 1.64. The van der Waals surface area contributed by atoms with E-state index in [4.69, 9.17) is 9.72 Å². The second-order valence-electron chi connectivity index (χ2n) is 7.58. The van der Waals surface area contributed by atoms with Gasteiger partial charge in [0.05, 0.1) is 22.2 Å². The molecular weight excluding hydrogens is 420 g/mol. The summed E-state index contributed by atoms with van der Waals surface area (Å²) in [5, 5.41) is 3.66. The third kappa shape index (κ3) is 4.11. The van der Waals surface area contributed by atoms with Crippen LogP contribution >= 0.6 is 11.3 Å². The van der Waals surface area contributed by atoms with Crippen LogP contribution in [-0.2, 0) is 12.8 Å². The summed E-state index contributed by atoms with van der Waals surface area (Å²) in [7, 11) is 0. The lowest BCUT2D eigenvalue weighted by Gasteiger charge is -2.11. The predicted octanol–water partition coefficient (Wildman–Crippen LogP) is 5.17. The fourth-order valence-electron chi connectivity index (χ4n) is 3.77. The molecule has 4 aromatic heterocycles. The molecule has 1 aromatic carbocycles. The van der Waals surface area contributed by atoms with Crippen molar-refractivity contribution in [3.63, 3.8) is 0 Å². The van der Waals surface area contributed by atoms with Gasteiger partial charge in [0.1, 0.15) is 11.4 Å². The van der Waals surface area contributed by atoms with Gasteiger partial charge in [-0.05, 0) is 77.6 Å². The van der Waals surface area contributed by atoms with E-state index in [2.05, 4.69) is 21.9 Å². The lowest BCUT2D eigenvalue weighted by molar-refractivity contribution is 0.311. The molecule has 0 saturated carbocycles. The molecule has 0 bridgehead atoms. The van der Waals surface area contributed by atoms with Crippen LogP contribution in [0.2, 0.25) is 0 Å². The lowest BCUT2D eigenvalue weighted by Crippen LogP contribution is -2.12. The molecule has 0 atom stereocenters. The Morgan fingerprint density at radius 1 is 1.12 bits per heavy atom. The minimum Gasteiger partial charge on any atom is -0.494 e. The normalized spacial score (nSPS) is 11.3. The van der Waals surface area contributed by atoms with Gasteiger partial charge >= 0.3 is 0 Å². The van der Waals surface area contributed by atoms with Gasteiger partial charge in [0.15, 0.2) is 5.82 Å². The molecule has 0 aliphatic carbocycles. The smallest absolute Gasteiger partial charge is 0.259 e. The summed E-state index contributed by atoms with van der Waals surface area (Å²) in [5.74, 6) is 1.18. The van der Waals surface area contributed by atoms with E-state index in [0.29, 0.717) is 34.8 Å². The second-order valence-corrected chi connectivity index (χ2v) is 8.53. The predicted molar refractivity (Wildman–Crippen MR) is 128 cm³/mol. The Labute approximate surface area is 189 Å². The first kappa shape index (κ1) is 20.3. The van der Waals surface area contributed by atoms with Crippen molar-refractivity contribution in [2.45, 2.75) is 26.2 Å². The monoisotopic (exact) mass is 442 g/mol. The van der Waals surface area contributed by atoms with Crippen LogP contribution in [-0.4, -0.2) is 26.5 Å². The van der Waals surface area contributed by atoms with E-state index in [9.17, 15) is 4.79 Å². The van der Waals surface area contributed by atoms with E-state index in [0.717, 1.165) is 34.9 Å². The van der Waals surface area contributed by atoms with Crippen molar-refractivity contribution < 1.29 is 4.74 Å². The Kier molecular flexibility index (Phi) is 5.64. The highest BCUT2D eigenvalue weighted by Gasteiger charge is 2.13. The van der Waals surface area contributed by atoms with Crippen LogP contribution in [0, 0.1) is 0 Å². The van der Waals surface area contributed by atoms with Crippen LogP contribution in [0.1, 0.15) is 24.5 Å². The maximum absolute atomic E-state index is 12.9. The fourth-order valence-corrected chi connectivity index (χ4v) is 4.51. The topological polar surface area (TPSA) is 80.8 Å². The van der Waals surface area contributed by atoms with Crippen LogP contribution in [0.5, 0.6) is 5.75 Å². The van der Waals surface area contributed by atoms with Gasteiger partial charge < -0.3 is 9.72 Å². The summed E-state index contributed by atoms with van der Waals surface area (Å²) in [5.41, 5.74) is 3.39. The first-order valence-corrected chi connectivity index (χ1v) is 11.5. The first-order valence-electron chi connectivity index (χ1n) is 10.6. The zero-order valence-electron chi connectivity index (χ0n) is 17.7. The third-order valence-electron chi connectivity index (χ3n) is 5.45. The second kappa shape index (κ2) is 8.88. The SMILES string of the molecule is CCc1cc(OCCCc2ccncc2)cc2c(=O)[nH]c(-c3cc4ccsc4cn3)nc12. The van der Waals surface area contributed by atoms with Gasteiger partial charge in [0, 0.05) is 18.6 Å². The molecule has 6 nitrogen and oxygen atoms in total. The molecule has 32 heavy (non-hydrogen) atoms. The highest BCUT2D eigenvalue weighted by molar-refractivity contribution is 7.17. The summed E-state index contributed by atoms with van der Waals surface area (Å²) in [6.07, 6.45) is 7.97. The van der Waals surface area contributed by atoms with Crippen molar-refractivity contribution in [2.75, 3.05) is 6.61 Å². The molecule has 0 fully saturated rings. The van der Waals surface area contributed by atoms with Crippen molar-refractivity contribution in [1.29, 1.82) is 0 Å². The number of pyridine rings is 2. The molecule has 0 aliphatic heterocycles. The molecule has 0 saturated heterocycles. The van der Waals surface area contributed by atoms with Crippen molar-refractivity contribution in [2.24, 2.45) is 0 Å². The average Bonchev–Trinajstić information content (AvgIpc) is 3.30. The van der Waals surface area contributed by atoms with E-state index in [1.54, 1.807) is 29.8 Å². The van der Waals surface area contributed by atoms with Gasteiger partial charge in [-0.15, -0.1) is 11.3 Å². The number of nitrogens with one attached hydrogen (secondary N) is 1. The molecule has 0 amide bonds. The molecule has 0 spiro atoms. The summed E-state index contributed by atoms with van der Waals surface area (Å²) < 4.78 is 7.09. The van der Waals surface area contributed by atoms with Gasteiger partial charge in [-0.2, -0.15) is 0 Å². The number of aryl methyl sites for hydroxylation is 2. The fraction of sp³-hybridized carbons (Fsp3) is 0.200. The Balaban J connectivity index is 1.42. The number of hydrogen-bond donors (Lipinski definition) is 1. The molecule has 7 heteroatoms. The highest BCUT2D eigenvalue weighted by atomic mass is 32.1. The van der Waals surface area contributed by atoms with Crippen molar-refractivity contribution in [3.05, 3.63) is 81.8 Å². The minimum atomic E-state index is -0.186. The zero-order chi connectivity index (χ0) is 21.9. The summed E-state index contributed by atoms with van der Waals surface area (Å²) in [6, 6.07) is 11.8. The number of aromatic nitrogens is 4. The Bertz CT molecular complexity index is 1440. The van der Waals surface area contributed by atoms with Gasteiger partial charge in [0.2, 0.25) is 0 Å². The van der Waals surface area contributed by atoms with E-state index in [1.807, 2.05) is 41.9 Å². The van der Waals surface area contributed by atoms with E-state index in [1.165, 1.54) is 5.56 Å². The van der Waals surface area contributed by atoms with Crippen molar-refractivity contribution in [3.8, 4) is 17.3 Å². The molecule has 1 N–H and O–H groups in total. The van der Waals surface area contributed by atoms with Gasteiger partial charge in [-0.1, -0.05) is 6.92 Å². The Morgan fingerprint density at radius 2 is 2.00 bits per heavy atom. The number of thiophene rings is 1. The molecule has 0 aliphatic rings. The molecule has 5 aromatic rings. The van der Waals surface area contributed by atoms with Crippen LogP contribution in [0.25, 0.3) is 32.5 Å². The van der Waals surface area contributed by atoms with E-state index >= 15 is 0 Å². The summed E-state index contributed by atoms with van der Waals surface area (Å²) in [4.78, 5) is 29.1. The maximum atomic E-state index is 12.9.